The largest absolute Gasteiger partial charge is 0.317 e. The normalized spacial score (nSPS) is 27.9. The highest BCUT2D eigenvalue weighted by atomic mass is 15.2. The summed E-state index contributed by atoms with van der Waals surface area (Å²) in [6, 6.07) is 2.20. The van der Waals surface area contributed by atoms with Gasteiger partial charge in [0.2, 0.25) is 0 Å². The molecule has 1 rings (SSSR count). The summed E-state index contributed by atoms with van der Waals surface area (Å²) < 4.78 is 0. The monoisotopic (exact) mass is 227 g/mol. The second kappa shape index (κ2) is 6.58. The van der Waals surface area contributed by atoms with E-state index >= 15 is 0 Å². The average molecular weight is 227 g/mol. The fraction of sp³-hybridized carbons (Fsp3) is 1.00. The van der Waals surface area contributed by atoms with Gasteiger partial charge in [-0.05, 0) is 53.9 Å². The molecule has 3 unspecified atom stereocenters. The predicted molar refractivity (Wildman–Crippen MR) is 70.9 cm³/mol. The van der Waals surface area contributed by atoms with Crippen LogP contribution in [-0.4, -0.2) is 62.2 Å². The zero-order valence-electron chi connectivity index (χ0n) is 11.7. The molecule has 0 heterocycles. The fourth-order valence-electron chi connectivity index (χ4n) is 3.08. The van der Waals surface area contributed by atoms with Gasteiger partial charge >= 0.3 is 0 Å². The third-order valence-corrected chi connectivity index (χ3v) is 3.84. The van der Waals surface area contributed by atoms with Crippen LogP contribution in [0.25, 0.3) is 0 Å². The van der Waals surface area contributed by atoms with E-state index in [-0.39, 0.29) is 0 Å². The minimum atomic E-state index is 0.667. The molecule has 3 heteroatoms. The topological polar surface area (TPSA) is 18.5 Å². The molecule has 0 aromatic carbocycles. The average Bonchev–Trinajstić information content (AvgIpc) is 2.66. The second-order valence-corrected chi connectivity index (χ2v) is 5.39. The molecule has 1 aliphatic carbocycles. The lowest BCUT2D eigenvalue weighted by molar-refractivity contribution is 0.128. The molecule has 1 aliphatic rings. The molecular weight excluding hydrogens is 198 g/mol. The number of nitrogens with zero attached hydrogens (tertiary/aromatic N) is 2. The van der Waals surface area contributed by atoms with Crippen molar-refractivity contribution in [3.63, 3.8) is 0 Å². The molecule has 0 saturated heterocycles. The summed E-state index contributed by atoms with van der Waals surface area (Å²) in [5.41, 5.74) is 0. The summed E-state index contributed by atoms with van der Waals surface area (Å²) in [5.74, 6) is 0. The number of hydrogen-bond donors (Lipinski definition) is 1. The molecule has 0 amide bonds. The Morgan fingerprint density at radius 3 is 2.44 bits per heavy atom. The van der Waals surface area contributed by atoms with Crippen LogP contribution in [0.15, 0.2) is 0 Å². The van der Waals surface area contributed by atoms with E-state index in [1.54, 1.807) is 0 Å². The van der Waals surface area contributed by atoms with Gasteiger partial charge in [0.15, 0.2) is 0 Å². The third kappa shape index (κ3) is 3.72. The molecule has 0 radical (unpaired) electrons. The Morgan fingerprint density at radius 1 is 1.31 bits per heavy atom. The molecule has 3 atom stereocenters. The van der Waals surface area contributed by atoms with Gasteiger partial charge in [0, 0.05) is 24.7 Å². The summed E-state index contributed by atoms with van der Waals surface area (Å²) in [6.45, 7) is 6.99. The van der Waals surface area contributed by atoms with Gasteiger partial charge < -0.3 is 10.2 Å². The van der Waals surface area contributed by atoms with Crippen LogP contribution in [-0.2, 0) is 0 Å². The summed E-state index contributed by atoms with van der Waals surface area (Å²) in [7, 11) is 6.41. The van der Waals surface area contributed by atoms with Crippen molar-refractivity contribution in [3.05, 3.63) is 0 Å². The maximum Gasteiger partial charge on any atom is 0.0197 e. The zero-order valence-corrected chi connectivity index (χ0v) is 11.7. The quantitative estimate of drug-likeness (QED) is 0.740. The van der Waals surface area contributed by atoms with Crippen molar-refractivity contribution in [2.75, 3.05) is 34.2 Å². The molecule has 16 heavy (non-hydrogen) atoms. The highest BCUT2D eigenvalue weighted by Crippen LogP contribution is 2.25. The van der Waals surface area contributed by atoms with Crippen molar-refractivity contribution in [2.45, 2.75) is 51.2 Å². The minimum Gasteiger partial charge on any atom is -0.317 e. The lowest BCUT2D eigenvalue weighted by Crippen LogP contribution is -2.45. The van der Waals surface area contributed by atoms with Crippen LogP contribution in [0, 0.1) is 0 Å². The first-order valence-electron chi connectivity index (χ1n) is 6.66. The molecule has 0 aliphatic heterocycles. The number of rotatable bonds is 6. The van der Waals surface area contributed by atoms with Crippen LogP contribution in [0.1, 0.15) is 33.1 Å². The summed E-state index contributed by atoms with van der Waals surface area (Å²) in [4.78, 5) is 4.97. The Labute approximate surface area is 101 Å². The minimum absolute atomic E-state index is 0.667. The molecule has 3 nitrogen and oxygen atoms in total. The van der Waals surface area contributed by atoms with Crippen molar-refractivity contribution in [1.82, 2.24) is 15.1 Å². The first-order valence-corrected chi connectivity index (χ1v) is 6.66. The Kier molecular flexibility index (Phi) is 5.73. The van der Waals surface area contributed by atoms with Gasteiger partial charge in [0.25, 0.3) is 0 Å². The van der Waals surface area contributed by atoms with Crippen molar-refractivity contribution in [2.24, 2.45) is 0 Å². The van der Waals surface area contributed by atoms with E-state index in [0.717, 1.165) is 18.6 Å². The lowest BCUT2D eigenvalue weighted by atomic mass is 10.1. The Hall–Kier alpha value is -0.120. The second-order valence-electron chi connectivity index (χ2n) is 5.39. The standard InChI is InChI=1S/C13H29N3/c1-6-16(11(2)10-15(4)5)13-8-7-12(9-13)14-3/h11-14H,6-10H2,1-5H3. The molecule has 0 aromatic rings. The van der Waals surface area contributed by atoms with Gasteiger partial charge in [-0.3, -0.25) is 4.90 Å². The molecule has 1 saturated carbocycles. The highest BCUT2D eigenvalue weighted by molar-refractivity contribution is 4.88. The van der Waals surface area contributed by atoms with Crippen molar-refractivity contribution < 1.29 is 0 Å². The number of nitrogens with one attached hydrogen (secondary N) is 1. The summed E-state index contributed by atoms with van der Waals surface area (Å²) in [6.07, 6.45) is 4.02. The predicted octanol–water partition coefficient (Wildman–Crippen LogP) is 1.40. The van der Waals surface area contributed by atoms with E-state index in [1.165, 1.54) is 25.8 Å². The van der Waals surface area contributed by atoms with Gasteiger partial charge in [-0.1, -0.05) is 6.92 Å². The van der Waals surface area contributed by atoms with Gasteiger partial charge in [0.05, 0.1) is 0 Å². The van der Waals surface area contributed by atoms with Gasteiger partial charge in [0.1, 0.15) is 0 Å². The maximum absolute atomic E-state index is 3.42. The van der Waals surface area contributed by atoms with E-state index in [9.17, 15) is 0 Å². The number of likely N-dealkylation sites (N-methyl/N-ethyl adjacent to an activating group) is 2. The maximum atomic E-state index is 3.42. The van der Waals surface area contributed by atoms with Crippen LogP contribution >= 0.6 is 0 Å². The van der Waals surface area contributed by atoms with Gasteiger partial charge in [-0.2, -0.15) is 0 Å². The molecule has 1 fully saturated rings. The van der Waals surface area contributed by atoms with Crippen molar-refractivity contribution in [1.29, 1.82) is 0 Å². The van der Waals surface area contributed by atoms with Crippen LogP contribution in [0.4, 0.5) is 0 Å². The third-order valence-electron chi connectivity index (χ3n) is 3.84. The van der Waals surface area contributed by atoms with Crippen LogP contribution < -0.4 is 5.32 Å². The van der Waals surface area contributed by atoms with Crippen molar-refractivity contribution >= 4 is 0 Å². The molecule has 0 spiro atoms. The first-order chi connectivity index (χ1) is 7.58. The molecule has 1 N–H and O–H groups in total. The van der Waals surface area contributed by atoms with Gasteiger partial charge in [-0.25, -0.2) is 0 Å². The highest BCUT2D eigenvalue weighted by Gasteiger charge is 2.29. The fourth-order valence-corrected chi connectivity index (χ4v) is 3.08. The van der Waals surface area contributed by atoms with E-state index in [1.807, 2.05) is 0 Å². The number of hydrogen-bond acceptors (Lipinski definition) is 3. The van der Waals surface area contributed by atoms with Crippen LogP contribution in [0.3, 0.4) is 0 Å². The van der Waals surface area contributed by atoms with Crippen LogP contribution in [0.2, 0.25) is 0 Å². The van der Waals surface area contributed by atoms with Crippen LogP contribution in [0.5, 0.6) is 0 Å². The Balaban J connectivity index is 2.47. The van der Waals surface area contributed by atoms with E-state index < -0.39 is 0 Å². The first kappa shape index (κ1) is 13.9. The Morgan fingerprint density at radius 2 is 2.00 bits per heavy atom. The molecule has 0 aromatic heterocycles. The van der Waals surface area contributed by atoms with E-state index in [4.69, 9.17) is 0 Å². The summed E-state index contributed by atoms with van der Waals surface area (Å²) in [5, 5.41) is 3.42. The van der Waals surface area contributed by atoms with E-state index in [0.29, 0.717) is 6.04 Å². The Bertz CT molecular complexity index is 194. The smallest absolute Gasteiger partial charge is 0.0197 e. The van der Waals surface area contributed by atoms with Gasteiger partial charge in [-0.15, -0.1) is 0 Å². The summed E-state index contributed by atoms with van der Waals surface area (Å²) >= 11 is 0. The van der Waals surface area contributed by atoms with Crippen molar-refractivity contribution in [3.8, 4) is 0 Å². The van der Waals surface area contributed by atoms with E-state index in [2.05, 4.69) is 50.1 Å². The molecule has 96 valence electrons. The lowest BCUT2D eigenvalue weighted by Gasteiger charge is -2.35. The molecular formula is C13H29N3. The zero-order chi connectivity index (χ0) is 12.1. The molecule has 0 bridgehead atoms. The SMILES string of the molecule is CCN(C(C)CN(C)C)C1CCC(NC)C1.